The molecule has 0 spiro atoms. The second kappa shape index (κ2) is 11.5. The molecule has 2 aromatic carbocycles. The molecule has 1 N–H and O–H groups in total. The molecule has 212 valence electrons. The molecule has 0 fully saturated rings. The summed E-state index contributed by atoms with van der Waals surface area (Å²) in [4.78, 5) is 29.5. The van der Waals surface area contributed by atoms with Crippen molar-refractivity contribution in [3.05, 3.63) is 86.4 Å². The first-order chi connectivity index (χ1) is 18.8. The number of nitrogens with zero attached hydrogens (tertiary/aromatic N) is 5. The summed E-state index contributed by atoms with van der Waals surface area (Å²) in [6.45, 7) is 3.29. The van der Waals surface area contributed by atoms with E-state index in [1.807, 2.05) is 19.1 Å². The smallest absolute Gasteiger partial charge is 0.416 e. The number of aromatic nitrogens is 5. The predicted octanol–water partition coefficient (Wildman–Crippen LogP) is 5.11. The second-order valence-corrected chi connectivity index (χ2v) is 9.81. The van der Waals surface area contributed by atoms with Gasteiger partial charge in [0.05, 0.1) is 24.5 Å². The summed E-state index contributed by atoms with van der Waals surface area (Å²) in [7, 11) is 0. The van der Waals surface area contributed by atoms with Gasteiger partial charge in [0, 0.05) is 17.5 Å². The van der Waals surface area contributed by atoms with Crippen LogP contribution in [-0.2, 0) is 22.6 Å². The van der Waals surface area contributed by atoms with E-state index in [0.717, 1.165) is 14.7 Å². The minimum absolute atomic E-state index is 0.0431. The third-order valence-electron chi connectivity index (χ3n) is 6.04. The Kier molecular flexibility index (Phi) is 8.43. The summed E-state index contributed by atoms with van der Waals surface area (Å²) in [5.74, 6) is -0.202. The van der Waals surface area contributed by atoms with Gasteiger partial charge in [0.1, 0.15) is 5.15 Å². The Morgan fingerprint density at radius 2 is 1.75 bits per heavy atom. The Labute approximate surface area is 236 Å². The first-order valence-corrected chi connectivity index (χ1v) is 12.7. The van der Waals surface area contributed by atoms with Crippen LogP contribution in [0.25, 0.3) is 16.9 Å². The van der Waals surface area contributed by atoms with Crippen LogP contribution in [0.1, 0.15) is 37.2 Å². The lowest BCUT2D eigenvalue weighted by molar-refractivity contribution is -0.207. The van der Waals surface area contributed by atoms with Gasteiger partial charge in [0.25, 0.3) is 0 Å². The number of hydrogen-bond acceptors (Lipinski definition) is 6. The van der Waals surface area contributed by atoms with Gasteiger partial charge >= 0.3 is 17.8 Å². The van der Waals surface area contributed by atoms with Crippen molar-refractivity contribution in [1.82, 2.24) is 23.9 Å². The minimum Gasteiger partial charge on any atom is -0.455 e. The summed E-state index contributed by atoms with van der Waals surface area (Å²) in [5, 5.41) is 14.5. The van der Waals surface area contributed by atoms with E-state index >= 15 is 0 Å². The number of aryl methyl sites for hydroxylation is 1. The molecule has 40 heavy (non-hydrogen) atoms. The van der Waals surface area contributed by atoms with Crippen LogP contribution in [0.15, 0.2) is 53.3 Å². The standard InChI is InChI=1S/C26H24Cl2F3N5O4/c1-14-6-4-5-7-19(14)36-24(15(2)40-16(3)37)32-21(33-36)13-35-23(28)22(17-8-10-18(27)11-9-17)34(25(35)39)12-20(38)26(29,30)31/h4-11,15,20,38H,12-13H2,1-3H3/t15-,20-/m0/s1. The van der Waals surface area contributed by atoms with E-state index in [1.54, 1.807) is 19.1 Å². The van der Waals surface area contributed by atoms with Gasteiger partial charge in [-0.1, -0.05) is 53.5 Å². The molecular weight excluding hydrogens is 574 g/mol. The molecule has 0 aliphatic carbocycles. The number of halogens is 5. The Morgan fingerprint density at radius 3 is 2.35 bits per heavy atom. The summed E-state index contributed by atoms with van der Waals surface area (Å²) in [6, 6.07) is 13.2. The number of hydrogen-bond donors (Lipinski definition) is 1. The summed E-state index contributed by atoms with van der Waals surface area (Å²) in [6.07, 6.45) is -8.61. The molecule has 9 nitrogen and oxygen atoms in total. The van der Waals surface area contributed by atoms with Crippen LogP contribution >= 0.6 is 23.2 Å². The number of carbonyl (C=O) groups excluding carboxylic acids is 1. The van der Waals surface area contributed by atoms with Crippen LogP contribution in [-0.4, -0.2) is 47.3 Å². The lowest BCUT2D eigenvalue weighted by Gasteiger charge is -2.16. The topological polar surface area (TPSA) is 104 Å². The van der Waals surface area contributed by atoms with Crippen LogP contribution in [0.5, 0.6) is 0 Å². The highest BCUT2D eigenvalue weighted by Gasteiger charge is 2.39. The van der Waals surface area contributed by atoms with Crippen LogP contribution < -0.4 is 5.69 Å². The van der Waals surface area contributed by atoms with Gasteiger partial charge < -0.3 is 9.84 Å². The molecule has 0 amide bonds. The highest BCUT2D eigenvalue weighted by atomic mass is 35.5. The van der Waals surface area contributed by atoms with Gasteiger partial charge in [-0.3, -0.25) is 13.9 Å². The first kappa shape index (κ1) is 29.4. The van der Waals surface area contributed by atoms with Gasteiger partial charge in [0.15, 0.2) is 23.9 Å². The monoisotopic (exact) mass is 597 g/mol. The van der Waals surface area contributed by atoms with E-state index in [1.165, 1.54) is 35.9 Å². The zero-order chi connectivity index (χ0) is 29.4. The Balaban J connectivity index is 1.84. The van der Waals surface area contributed by atoms with Crippen LogP contribution in [0.3, 0.4) is 0 Å². The number of aliphatic hydroxyl groups excluding tert-OH is 1. The third-order valence-corrected chi connectivity index (χ3v) is 6.68. The minimum atomic E-state index is -4.97. The molecule has 2 heterocycles. The molecule has 2 aromatic heterocycles. The number of ether oxygens (including phenoxy) is 1. The molecule has 0 saturated carbocycles. The SMILES string of the molecule is CC(=O)O[C@@H](C)c1nc(Cn2c(Cl)c(-c3ccc(Cl)cc3)n(C[C@H](O)C(F)(F)F)c2=O)nn1-c1ccccc1C. The molecule has 0 unspecified atom stereocenters. The molecule has 0 aliphatic heterocycles. The van der Waals surface area contributed by atoms with E-state index in [4.69, 9.17) is 27.9 Å². The van der Waals surface area contributed by atoms with E-state index in [-0.39, 0.29) is 29.0 Å². The van der Waals surface area contributed by atoms with E-state index in [9.17, 15) is 27.9 Å². The summed E-state index contributed by atoms with van der Waals surface area (Å²) < 4.78 is 48.2. The fraction of sp³-hybridized carbons (Fsp3) is 0.308. The molecule has 0 bridgehead atoms. The van der Waals surface area contributed by atoms with E-state index in [2.05, 4.69) is 10.1 Å². The van der Waals surface area contributed by atoms with Crippen molar-refractivity contribution in [2.24, 2.45) is 0 Å². The average Bonchev–Trinajstić information content (AvgIpc) is 3.39. The molecule has 0 radical (unpaired) electrons. The number of rotatable bonds is 8. The third kappa shape index (κ3) is 6.08. The van der Waals surface area contributed by atoms with Gasteiger partial charge in [-0.25, -0.2) is 14.5 Å². The maximum atomic E-state index is 13.4. The van der Waals surface area contributed by atoms with Crippen LogP contribution in [0.4, 0.5) is 13.2 Å². The highest BCUT2D eigenvalue weighted by Crippen LogP contribution is 2.31. The molecule has 0 saturated heterocycles. The molecule has 14 heteroatoms. The number of carbonyl (C=O) groups is 1. The predicted molar refractivity (Wildman–Crippen MR) is 142 cm³/mol. The fourth-order valence-corrected chi connectivity index (χ4v) is 4.62. The normalized spacial score (nSPS) is 13.3. The average molecular weight is 598 g/mol. The Hall–Kier alpha value is -3.61. The van der Waals surface area contributed by atoms with E-state index < -0.39 is 36.6 Å². The van der Waals surface area contributed by atoms with Gasteiger partial charge in [-0.05, 0) is 37.6 Å². The molecular formula is C26H24Cl2F3N5O4. The van der Waals surface area contributed by atoms with Crippen molar-refractivity contribution in [3.8, 4) is 16.9 Å². The molecule has 0 aliphatic rings. The first-order valence-electron chi connectivity index (χ1n) is 12.0. The van der Waals surface area contributed by atoms with Gasteiger partial charge in [0.2, 0.25) is 0 Å². The zero-order valence-electron chi connectivity index (χ0n) is 21.5. The van der Waals surface area contributed by atoms with E-state index in [0.29, 0.717) is 16.3 Å². The number of benzene rings is 2. The van der Waals surface area contributed by atoms with Crippen LogP contribution in [0, 0.1) is 6.92 Å². The quantitative estimate of drug-likeness (QED) is 0.283. The van der Waals surface area contributed by atoms with Crippen molar-refractivity contribution in [3.63, 3.8) is 0 Å². The molecule has 4 aromatic rings. The van der Waals surface area contributed by atoms with Gasteiger partial charge in [-0.15, -0.1) is 5.10 Å². The Bertz CT molecular complexity index is 1600. The number of alkyl halides is 3. The van der Waals surface area contributed by atoms with Crippen molar-refractivity contribution in [2.75, 3.05) is 0 Å². The lowest BCUT2D eigenvalue weighted by Crippen LogP contribution is -2.37. The molecule has 4 rings (SSSR count). The zero-order valence-corrected chi connectivity index (χ0v) is 23.0. The highest BCUT2D eigenvalue weighted by molar-refractivity contribution is 6.32. The Morgan fingerprint density at radius 1 is 1.10 bits per heavy atom. The number of para-hydroxylation sites is 1. The van der Waals surface area contributed by atoms with Gasteiger partial charge in [-0.2, -0.15) is 13.2 Å². The molecule has 2 atom stereocenters. The number of aliphatic hydroxyl groups is 1. The fourth-order valence-electron chi connectivity index (χ4n) is 4.15. The van der Waals surface area contributed by atoms with Crippen molar-refractivity contribution in [1.29, 1.82) is 0 Å². The largest absolute Gasteiger partial charge is 0.455 e. The second-order valence-electron chi connectivity index (χ2n) is 9.02. The number of esters is 1. The number of imidazole rings is 1. The van der Waals surface area contributed by atoms with Crippen molar-refractivity contribution < 1.29 is 27.8 Å². The van der Waals surface area contributed by atoms with Crippen molar-refractivity contribution in [2.45, 2.75) is 52.2 Å². The maximum Gasteiger partial charge on any atom is 0.416 e. The summed E-state index contributed by atoms with van der Waals surface area (Å²) in [5.41, 5.74) is 0.824. The maximum absolute atomic E-state index is 13.4. The van der Waals surface area contributed by atoms with Crippen LogP contribution in [0.2, 0.25) is 10.2 Å². The lowest BCUT2D eigenvalue weighted by atomic mass is 10.1. The summed E-state index contributed by atoms with van der Waals surface area (Å²) >= 11 is 12.5. The van der Waals surface area contributed by atoms with Crippen molar-refractivity contribution >= 4 is 29.2 Å².